The largest absolute Gasteiger partial charge is 0.497 e. The van der Waals surface area contributed by atoms with Crippen molar-refractivity contribution in [3.05, 3.63) is 29.8 Å². The van der Waals surface area contributed by atoms with E-state index in [0.717, 1.165) is 30.6 Å². The van der Waals surface area contributed by atoms with Gasteiger partial charge in [-0.3, -0.25) is 9.69 Å². The monoisotopic (exact) mass is 303 g/mol. The summed E-state index contributed by atoms with van der Waals surface area (Å²) in [5.41, 5.74) is 0.922. The fraction of sp³-hybridized carbons (Fsp3) is 0.529. The van der Waals surface area contributed by atoms with Gasteiger partial charge in [0.05, 0.1) is 14.2 Å². The van der Waals surface area contributed by atoms with E-state index in [1.807, 2.05) is 29.2 Å². The van der Waals surface area contributed by atoms with E-state index in [2.05, 4.69) is 0 Å². The molecule has 1 saturated carbocycles. The van der Waals surface area contributed by atoms with E-state index in [1.165, 1.54) is 7.11 Å². The van der Waals surface area contributed by atoms with Crippen LogP contribution in [0, 0.1) is 0 Å². The predicted octanol–water partition coefficient (Wildman–Crippen LogP) is 1.93. The van der Waals surface area contributed by atoms with Crippen molar-refractivity contribution in [3.8, 4) is 5.75 Å². The number of methoxy groups -OCH3 is 2. The first kappa shape index (κ1) is 15.0. The zero-order chi connectivity index (χ0) is 15.7. The van der Waals surface area contributed by atoms with Crippen molar-refractivity contribution < 1.29 is 19.1 Å². The first-order valence-electron chi connectivity index (χ1n) is 7.60. The van der Waals surface area contributed by atoms with Crippen LogP contribution in [0.3, 0.4) is 0 Å². The molecule has 1 aliphatic heterocycles. The average molecular weight is 303 g/mol. The molecular formula is C17H21NO4. The van der Waals surface area contributed by atoms with Crippen LogP contribution >= 0.6 is 0 Å². The number of carbonyl (C=O) groups excluding carboxylic acids is 2. The van der Waals surface area contributed by atoms with Gasteiger partial charge in [0.15, 0.2) is 11.8 Å². The Morgan fingerprint density at radius 2 is 1.95 bits per heavy atom. The molecule has 1 aromatic carbocycles. The summed E-state index contributed by atoms with van der Waals surface area (Å²) in [4.78, 5) is 26.4. The lowest BCUT2D eigenvalue weighted by Crippen LogP contribution is -2.53. The lowest BCUT2D eigenvalue weighted by Gasteiger charge is -2.46. The van der Waals surface area contributed by atoms with E-state index >= 15 is 0 Å². The zero-order valence-electron chi connectivity index (χ0n) is 13.0. The number of ketones is 1. The minimum atomic E-state index is -0.757. The Morgan fingerprint density at radius 3 is 2.45 bits per heavy atom. The van der Waals surface area contributed by atoms with Gasteiger partial charge in [-0.1, -0.05) is 12.1 Å². The van der Waals surface area contributed by atoms with Crippen molar-refractivity contribution in [3.63, 3.8) is 0 Å². The van der Waals surface area contributed by atoms with Gasteiger partial charge in [0, 0.05) is 18.5 Å². The van der Waals surface area contributed by atoms with Gasteiger partial charge in [0.1, 0.15) is 5.75 Å². The third kappa shape index (κ3) is 2.39. The van der Waals surface area contributed by atoms with Gasteiger partial charge in [0.2, 0.25) is 0 Å². The number of ether oxygens (including phenoxy) is 2. The van der Waals surface area contributed by atoms with E-state index in [1.54, 1.807) is 7.11 Å². The fourth-order valence-electron chi connectivity index (χ4n) is 3.58. The molecule has 1 spiro atoms. The highest BCUT2D eigenvalue weighted by Gasteiger charge is 2.56. The van der Waals surface area contributed by atoms with Gasteiger partial charge < -0.3 is 9.47 Å². The van der Waals surface area contributed by atoms with E-state index in [9.17, 15) is 9.59 Å². The summed E-state index contributed by atoms with van der Waals surface area (Å²) in [6.45, 7) is 0.579. The summed E-state index contributed by atoms with van der Waals surface area (Å²) in [5.74, 6) is 0.339. The molecule has 3 rings (SSSR count). The number of likely N-dealkylation sites (tertiary alicyclic amines) is 1. The van der Waals surface area contributed by atoms with Gasteiger partial charge in [-0.15, -0.1) is 0 Å². The van der Waals surface area contributed by atoms with Gasteiger partial charge in [-0.25, -0.2) is 4.79 Å². The van der Waals surface area contributed by atoms with Crippen LogP contribution in [0.5, 0.6) is 5.75 Å². The molecule has 5 nitrogen and oxygen atoms in total. The molecule has 1 aromatic rings. The Morgan fingerprint density at radius 1 is 1.27 bits per heavy atom. The zero-order valence-corrected chi connectivity index (χ0v) is 13.0. The van der Waals surface area contributed by atoms with Crippen LogP contribution in [0.4, 0.5) is 0 Å². The first-order chi connectivity index (χ1) is 10.6. The standard InChI is InChI=1S/C17H21NO4/c1-21-13-6-4-12(5-7-13)11-18-15(16(20)22-2)14(19)10-17(18)8-3-9-17/h4-7,15H,3,8-11H2,1-2H3. The number of carbonyl (C=O) groups is 2. The van der Waals surface area contributed by atoms with Crippen LogP contribution in [0.2, 0.25) is 0 Å². The molecule has 22 heavy (non-hydrogen) atoms. The number of nitrogens with zero attached hydrogens (tertiary/aromatic N) is 1. The molecular weight excluding hydrogens is 282 g/mol. The molecule has 5 heteroatoms. The van der Waals surface area contributed by atoms with Crippen LogP contribution in [-0.4, -0.2) is 42.5 Å². The van der Waals surface area contributed by atoms with Crippen molar-refractivity contribution in [2.75, 3.05) is 14.2 Å². The molecule has 2 fully saturated rings. The molecule has 1 aliphatic carbocycles. The summed E-state index contributed by atoms with van der Waals surface area (Å²) < 4.78 is 10.0. The van der Waals surface area contributed by atoms with Gasteiger partial charge in [-0.2, -0.15) is 0 Å². The molecule has 1 unspecified atom stereocenters. The number of esters is 1. The molecule has 118 valence electrons. The molecule has 0 aromatic heterocycles. The van der Waals surface area contributed by atoms with Gasteiger partial charge >= 0.3 is 5.97 Å². The van der Waals surface area contributed by atoms with Crippen molar-refractivity contribution in [1.82, 2.24) is 4.90 Å². The summed E-state index contributed by atoms with van der Waals surface area (Å²) in [5, 5.41) is 0. The fourth-order valence-corrected chi connectivity index (χ4v) is 3.58. The second-order valence-corrected chi connectivity index (χ2v) is 6.12. The van der Waals surface area contributed by atoms with Gasteiger partial charge in [-0.05, 0) is 37.0 Å². The quantitative estimate of drug-likeness (QED) is 0.628. The summed E-state index contributed by atoms with van der Waals surface area (Å²) in [6, 6.07) is 6.99. The Labute approximate surface area is 130 Å². The summed E-state index contributed by atoms with van der Waals surface area (Å²) in [6.07, 6.45) is 3.52. The Hall–Kier alpha value is -1.88. The molecule has 0 amide bonds. The molecule has 0 radical (unpaired) electrons. The van der Waals surface area contributed by atoms with Crippen LogP contribution < -0.4 is 4.74 Å². The molecule has 1 saturated heterocycles. The maximum Gasteiger partial charge on any atom is 0.330 e. The third-order valence-corrected chi connectivity index (χ3v) is 4.95. The van der Waals surface area contributed by atoms with E-state index in [-0.39, 0.29) is 11.3 Å². The smallest absolute Gasteiger partial charge is 0.330 e. The second kappa shape index (κ2) is 5.72. The number of hydrogen-bond donors (Lipinski definition) is 0. The SMILES string of the molecule is COC(=O)C1C(=O)CC2(CCC2)N1Cc1ccc(OC)cc1. The lowest BCUT2D eigenvalue weighted by atomic mass is 9.74. The van der Waals surface area contributed by atoms with Crippen LogP contribution in [0.1, 0.15) is 31.2 Å². The molecule has 1 atom stereocenters. The molecule has 0 N–H and O–H groups in total. The predicted molar refractivity (Wildman–Crippen MR) is 80.5 cm³/mol. The highest BCUT2D eigenvalue weighted by Crippen LogP contribution is 2.47. The normalized spacial score (nSPS) is 23.4. The highest BCUT2D eigenvalue weighted by atomic mass is 16.5. The maximum absolute atomic E-state index is 12.3. The number of benzene rings is 1. The molecule has 2 aliphatic rings. The van der Waals surface area contributed by atoms with Crippen LogP contribution in [-0.2, 0) is 20.9 Å². The van der Waals surface area contributed by atoms with Crippen molar-refractivity contribution in [2.45, 2.75) is 43.8 Å². The van der Waals surface area contributed by atoms with E-state index < -0.39 is 12.0 Å². The van der Waals surface area contributed by atoms with Gasteiger partial charge in [0.25, 0.3) is 0 Å². The summed E-state index contributed by atoms with van der Waals surface area (Å²) in [7, 11) is 2.97. The Balaban J connectivity index is 1.85. The van der Waals surface area contributed by atoms with Crippen molar-refractivity contribution in [2.24, 2.45) is 0 Å². The summed E-state index contributed by atoms with van der Waals surface area (Å²) >= 11 is 0. The topological polar surface area (TPSA) is 55.8 Å². The third-order valence-electron chi connectivity index (χ3n) is 4.95. The second-order valence-electron chi connectivity index (χ2n) is 6.12. The lowest BCUT2D eigenvalue weighted by molar-refractivity contribution is -0.150. The number of Topliss-reactive ketones (excluding diaryl/α,β-unsaturated/α-hetero) is 1. The maximum atomic E-state index is 12.3. The Bertz CT molecular complexity index is 577. The van der Waals surface area contributed by atoms with Crippen molar-refractivity contribution >= 4 is 11.8 Å². The minimum Gasteiger partial charge on any atom is -0.497 e. The average Bonchev–Trinajstić information content (AvgIpc) is 2.80. The van der Waals surface area contributed by atoms with Crippen LogP contribution in [0.15, 0.2) is 24.3 Å². The van der Waals surface area contributed by atoms with Crippen molar-refractivity contribution in [1.29, 1.82) is 0 Å². The minimum absolute atomic E-state index is 0.0138. The molecule has 1 heterocycles. The van der Waals surface area contributed by atoms with Crippen LogP contribution in [0.25, 0.3) is 0 Å². The first-order valence-corrected chi connectivity index (χ1v) is 7.60. The van der Waals surface area contributed by atoms with E-state index in [4.69, 9.17) is 9.47 Å². The van der Waals surface area contributed by atoms with E-state index in [0.29, 0.717) is 13.0 Å². The molecule has 0 bridgehead atoms. The number of hydrogen-bond acceptors (Lipinski definition) is 5. The Kier molecular flexibility index (Phi) is 3.91. The highest BCUT2D eigenvalue weighted by molar-refractivity contribution is 6.05. The number of rotatable bonds is 4.